The summed E-state index contributed by atoms with van der Waals surface area (Å²) in [5.41, 5.74) is 15.2. The first-order valence-electron chi connectivity index (χ1n) is 6.04. The molecular formula is C10H10N8O2. The van der Waals surface area contributed by atoms with Crippen LogP contribution in [0.4, 0.5) is 5.82 Å². The Bertz CT molecular complexity index is 723. The molecule has 20 heavy (non-hydrogen) atoms. The summed E-state index contributed by atoms with van der Waals surface area (Å²) in [5, 5.41) is 3.53. The van der Waals surface area contributed by atoms with Crippen LogP contribution in [-0.2, 0) is 9.47 Å². The highest BCUT2D eigenvalue weighted by atomic mass is 16.7. The van der Waals surface area contributed by atoms with E-state index in [4.69, 9.17) is 20.7 Å². The van der Waals surface area contributed by atoms with Crippen molar-refractivity contribution in [3.8, 4) is 0 Å². The van der Waals surface area contributed by atoms with Gasteiger partial charge in [0.15, 0.2) is 17.7 Å². The van der Waals surface area contributed by atoms with Crippen LogP contribution >= 0.6 is 0 Å². The quantitative estimate of drug-likeness (QED) is 0.371. The number of imidazole rings is 1. The number of epoxide rings is 1. The first-order valence-corrected chi connectivity index (χ1v) is 6.04. The van der Waals surface area contributed by atoms with E-state index in [0.29, 0.717) is 17.0 Å². The van der Waals surface area contributed by atoms with Gasteiger partial charge in [0.1, 0.15) is 24.1 Å². The Balaban J connectivity index is 1.68. The lowest BCUT2D eigenvalue weighted by molar-refractivity contribution is -0.0605. The van der Waals surface area contributed by atoms with Crippen LogP contribution in [0, 0.1) is 0 Å². The van der Waals surface area contributed by atoms with Crippen molar-refractivity contribution in [1.29, 1.82) is 0 Å². The lowest BCUT2D eigenvalue weighted by atomic mass is 10.2. The molecule has 0 aliphatic carbocycles. The van der Waals surface area contributed by atoms with Gasteiger partial charge in [-0.2, -0.15) is 0 Å². The third-order valence-corrected chi connectivity index (χ3v) is 3.51. The van der Waals surface area contributed by atoms with E-state index in [1.54, 1.807) is 10.9 Å². The minimum atomic E-state index is -0.335. The van der Waals surface area contributed by atoms with Crippen LogP contribution in [0.3, 0.4) is 0 Å². The second-order valence-electron chi connectivity index (χ2n) is 4.63. The number of nitrogens with zero attached hydrogens (tertiary/aromatic N) is 7. The first kappa shape index (κ1) is 11.4. The SMILES string of the molecule is [N-]=[N+]=NC[C@@H]1O[C@H](n2cnc3c(N)ncnc32)[C@@H]2O[C@@H]21. The predicted octanol–water partition coefficient (Wildman–Crippen LogP) is 0.384. The van der Waals surface area contributed by atoms with Gasteiger partial charge in [-0.25, -0.2) is 15.0 Å². The Hall–Kier alpha value is -2.42. The van der Waals surface area contributed by atoms with E-state index >= 15 is 0 Å². The topological polar surface area (TPSA) is 140 Å². The number of aromatic nitrogens is 4. The van der Waals surface area contributed by atoms with Crippen LogP contribution in [0.25, 0.3) is 21.6 Å². The van der Waals surface area contributed by atoms with Gasteiger partial charge < -0.3 is 15.2 Å². The maximum atomic E-state index is 8.36. The van der Waals surface area contributed by atoms with Gasteiger partial charge in [-0.15, -0.1) is 0 Å². The van der Waals surface area contributed by atoms with Crippen LogP contribution in [0.5, 0.6) is 0 Å². The fourth-order valence-corrected chi connectivity index (χ4v) is 2.54. The molecule has 102 valence electrons. The van der Waals surface area contributed by atoms with Crippen LogP contribution in [-0.4, -0.2) is 44.4 Å². The summed E-state index contributed by atoms with van der Waals surface area (Å²) < 4.78 is 13.2. The predicted molar refractivity (Wildman–Crippen MR) is 66.3 cm³/mol. The lowest BCUT2D eigenvalue weighted by Gasteiger charge is -2.17. The summed E-state index contributed by atoms with van der Waals surface area (Å²) in [6.45, 7) is 0.248. The third kappa shape index (κ3) is 1.53. The molecule has 2 aromatic rings. The van der Waals surface area contributed by atoms with Crippen LogP contribution in [0.1, 0.15) is 6.23 Å². The van der Waals surface area contributed by atoms with Gasteiger partial charge in [-0.3, -0.25) is 4.57 Å². The average molecular weight is 274 g/mol. The van der Waals surface area contributed by atoms with Crippen molar-refractivity contribution in [3.05, 3.63) is 23.1 Å². The number of rotatable bonds is 3. The molecule has 0 bridgehead atoms. The molecule has 4 heterocycles. The molecule has 2 fully saturated rings. The fraction of sp³-hybridized carbons (Fsp3) is 0.500. The van der Waals surface area contributed by atoms with Crippen molar-refractivity contribution in [1.82, 2.24) is 19.5 Å². The zero-order valence-corrected chi connectivity index (χ0v) is 10.2. The summed E-state index contributed by atoms with van der Waals surface area (Å²) in [6, 6.07) is 0. The Morgan fingerprint density at radius 3 is 3.10 bits per heavy atom. The highest BCUT2D eigenvalue weighted by Crippen LogP contribution is 2.45. The van der Waals surface area contributed by atoms with Crippen molar-refractivity contribution >= 4 is 17.0 Å². The van der Waals surface area contributed by atoms with Gasteiger partial charge in [0.2, 0.25) is 0 Å². The van der Waals surface area contributed by atoms with Crippen molar-refractivity contribution in [2.24, 2.45) is 5.11 Å². The highest BCUT2D eigenvalue weighted by molar-refractivity contribution is 5.81. The van der Waals surface area contributed by atoms with E-state index in [1.807, 2.05) is 0 Å². The molecule has 2 aliphatic rings. The summed E-state index contributed by atoms with van der Waals surface area (Å²) in [5.74, 6) is 0.325. The van der Waals surface area contributed by atoms with Gasteiger partial charge in [-0.1, -0.05) is 5.11 Å². The molecule has 0 spiro atoms. The molecule has 0 saturated carbocycles. The van der Waals surface area contributed by atoms with Gasteiger partial charge in [0.25, 0.3) is 0 Å². The van der Waals surface area contributed by atoms with Crippen LogP contribution < -0.4 is 5.73 Å². The van der Waals surface area contributed by atoms with Crippen LogP contribution in [0.15, 0.2) is 17.8 Å². The van der Waals surface area contributed by atoms with E-state index < -0.39 is 0 Å². The van der Waals surface area contributed by atoms with Crippen molar-refractivity contribution in [2.75, 3.05) is 12.3 Å². The van der Waals surface area contributed by atoms with E-state index in [2.05, 4.69) is 25.0 Å². The van der Waals surface area contributed by atoms with Crippen LogP contribution in [0.2, 0.25) is 0 Å². The van der Waals surface area contributed by atoms with Gasteiger partial charge >= 0.3 is 0 Å². The number of nitrogens with two attached hydrogens (primary N) is 1. The zero-order chi connectivity index (χ0) is 13.7. The van der Waals surface area contributed by atoms with E-state index in [1.165, 1.54) is 6.33 Å². The van der Waals surface area contributed by atoms with Crippen molar-refractivity contribution in [3.63, 3.8) is 0 Å². The number of nitrogen functional groups attached to an aromatic ring is 1. The average Bonchev–Trinajstić information content (AvgIpc) is 2.99. The van der Waals surface area contributed by atoms with E-state index in [-0.39, 0.29) is 31.1 Å². The molecule has 2 aromatic heterocycles. The van der Waals surface area contributed by atoms with Crippen molar-refractivity contribution < 1.29 is 9.47 Å². The van der Waals surface area contributed by atoms with Gasteiger partial charge in [0, 0.05) is 4.91 Å². The molecule has 2 saturated heterocycles. The maximum Gasteiger partial charge on any atom is 0.167 e. The van der Waals surface area contributed by atoms with E-state index in [9.17, 15) is 0 Å². The smallest absolute Gasteiger partial charge is 0.167 e. The zero-order valence-electron chi connectivity index (χ0n) is 10.2. The summed E-state index contributed by atoms with van der Waals surface area (Å²) in [4.78, 5) is 15.0. The maximum absolute atomic E-state index is 8.36. The largest absolute Gasteiger partial charge is 0.382 e. The Morgan fingerprint density at radius 2 is 2.25 bits per heavy atom. The normalized spacial score (nSPS) is 31.0. The second kappa shape index (κ2) is 4.04. The second-order valence-corrected chi connectivity index (χ2v) is 4.63. The number of hydrogen-bond acceptors (Lipinski definition) is 7. The minimum Gasteiger partial charge on any atom is -0.382 e. The van der Waals surface area contributed by atoms with Gasteiger partial charge in [-0.05, 0) is 5.53 Å². The Labute approximate surface area is 112 Å². The summed E-state index contributed by atoms with van der Waals surface area (Å²) in [7, 11) is 0. The number of hydrogen-bond donors (Lipinski definition) is 1. The lowest BCUT2D eigenvalue weighted by Crippen LogP contribution is -2.21. The molecule has 2 N–H and O–H groups in total. The number of fused-ring (bicyclic) bond motifs is 2. The standard InChI is InChI=1S/C10H10N8O2/c11-8-5-9(14-2-13-8)18(3-15-5)10-7-6(20-7)4(19-10)1-16-17-12/h2-4,6-7,10H,1H2,(H2,11,13,14)/t4-,6+,7+,10-/m0/s1. The monoisotopic (exact) mass is 274 g/mol. The molecule has 4 rings (SSSR count). The number of ether oxygens (including phenoxy) is 2. The van der Waals surface area contributed by atoms with E-state index in [0.717, 1.165) is 0 Å². The molecule has 2 aliphatic heterocycles. The fourth-order valence-electron chi connectivity index (χ4n) is 2.54. The molecule has 10 nitrogen and oxygen atoms in total. The number of anilines is 1. The molecular weight excluding hydrogens is 264 g/mol. The molecule has 0 amide bonds. The molecule has 0 unspecified atom stereocenters. The minimum absolute atomic E-state index is 0.0397. The molecule has 10 heteroatoms. The molecule has 4 atom stereocenters. The Kier molecular flexibility index (Phi) is 2.30. The molecule has 0 aromatic carbocycles. The van der Waals surface area contributed by atoms with Crippen molar-refractivity contribution in [2.45, 2.75) is 24.5 Å². The highest BCUT2D eigenvalue weighted by Gasteiger charge is 2.58. The third-order valence-electron chi connectivity index (χ3n) is 3.51. The first-order chi connectivity index (χ1) is 9.79. The summed E-state index contributed by atoms with van der Waals surface area (Å²) in [6.07, 6.45) is 2.31. The Morgan fingerprint density at radius 1 is 1.35 bits per heavy atom. The molecule has 0 radical (unpaired) electrons. The summed E-state index contributed by atoms with van der Waals surface area (Å²) >= 11 is 0. The number of azide groups is 1. The van der Waals surface area contributed by atoms with Gasteiger partial charge in [0.05, 0.1) is 19.0 Å².